The van der Waals surface area contributed by atoms with E-state index < -0.39 is 23.8 Å². The highest BCUT2D eigenvalue weighted by molar-refractivity contribution is 6.08. The van der Waals surface area contributed by atoms with Gasteiger partial charge in [-0.05, 0) is 42.3 Å². The Hall–Kier alpha value is -3.79. The summed E-state index contributed by atoms with van der Waals surface area (Å²) in [5.74, 6) is 0.718. The van der Waals surface area contributed by atoms with Crippen molar-refractivity contribution in [2.45, 2.75) is 19.5 Å². The van der Waals surface area contributed by atoms with Gasteiger partial charge in [-0.25, -0.2) is 4.99 Å². The fraction of sp³-hybridized carbons (Fsp3) is 0.423. The van der Waals surface area contributed by atoms with Crippen molar-refractivity contribution in [1.82, 2.24) is 15.1 Å². The molecule has 190 valence electrons. The molecule has 1 saturated heterocycles. The van der Waals surface area contributed by atoms with Crippen LogP contribution in [0.2, 0.25) is 0 Å². The summed E-state index contributed by atoms with van der Waals surface area (Å²) in [6.45, 7) is 5.98. The fourth-order valence-corrected chi connectivity index (χ4v) is 4.68. The van der Waals surface area contributed by atoms with Crippen molar-refractivity contribution < 1.29 is 28.5 Å². The van der Waals surface area contributed by atoms with Gasteiger partial charge in [-0.2, -0.15) is 0 Å². The van der Waals surface area contributed by atoms with Gasteiger partial charge in [0.25, 0.3) is 0 Å². The molecule has 1 fully saturated rings. The zero-order chi connectivity index (χ0) is 25.1. The standard InChI is InChI=1S/C26H30N4O6/c1-3-34-25(32)22-23(18-5-7-19(33-2)8-6-18)27-26(28-24(22)31)30-12-10-29(11-13-30)15-17-4-9-20-21(14-17)36-16-35-20/h4-9,14,22-23H,3,10-13,15-16H2,1-2H3,(H,27,28,31)/t22-,23+/m0/s1. The summed E-state index contributed by atoms with van der Waals surface area (Å²) >= 11 is 0. The number of rotatable bonds is 6. The second-order valence-electron chi connectivity index (χ2n) is 8.84. The summed E-state index contributed by atoms with van der Waals surface area (Å²) in [4.78, 5) is 35.0. The number of methoxy groups -OCH3 is 1. The Bertz CT molecular complexity index is 1140. The highest BCUT2D eigenvalue weighted by atomic mass is 16.7. The first-order chi connectivity index (χ1) is 17.6. The molecule has 0 saturated carbocycles. The predicted molar refractivity (Wildman–Crippen MR) is 131 cm³/mol. The Kier molecular flexibility index (Phi) is 6.95. The number of carbonyl (C=O) groups excluding carboxylic acids is 2. The number of nitrogens with zero attached hydrogens (tertiary/aromatic N) is 3. The maximum atomic E-state index is 13.1. The van der Waals surface area contributed by atoms with E-state index in [4.69, 9.17) is 23.9 Å². The van der Waals surface area contributed by atoms with Gasteiger partial charge in [0, 0.05) is 32.7 Å². The van der Waals surface area contributed by atoms with E-state index in [1.807, 2.05) is 24.3 Å². The molecule has 5 rings (SSSR count). The average Bonchev–Trinajstić information content (AvgIpc) is 3.37. The molecule has 0 bridgehead atoms. The van der Waals surface area contributed by atoms with Gasteiger partial charge in [0.1, 0.15) is 11.8 Å². The molecule has 3 aliphatic heterocycles. The first-order valence-electron chi connectivity index (χ1n) is 12.1. The second kappa shape index (κ2) is 10.4. The molecule has 36 heavy (non-hydrogen) atoms. The molecule has 2 aromatic carbocycles. The molecule has 0 radical (unpaired) electrons. The smallest absolute Gasteiger partial charge is 0.321 e. The fourth-order valence-electron chi connectivity index (χ4n) is 4.68. The number of guanidine groups is 1. The van der Waals surface area contributed by atoms with Crippen molar-refractivity contribution in [3.63, 3.8) is 0 Å². The first kappa shape index (κ1) is 23.9. The Labute approximate surface area is 209 Å². The van der Waals surface area contributed by atoms with Gasteiger partial charge < -0.3 is 23.8 Å². The topological polar surface area (TPSA) is 102 Å². The molecule has 1 amide bonds. The molecule has 3 aliphatic rings. The average molecular weight is 495 g/mol. The SMILES string of the molecule is CCOC(=O)[C@@H]1C(=O)NC(N2CCN(Cc3ccc4c(c3)OCO4)CC2)=N[C@@H]1c1ccc(OC)cc1. The number of aliphatic imine (C=N–C) groups is 1. The highest BCUT2D eigenvalue weighted by Crippen LogP contribution is 2.34. The summed E-state index contributed by atoms with van der Waals surface area (Å²) in [5, 5.41) is 2.85. The summed E-state index contributed by atoms with van der Waals surface area (Å²) in [5.41, 5.74) is 1.91. The van der Waals surface area contributed by atoms with Crippen LogP contribution < -0.4 is 19.5 Å². The van der Waals surface area contributed by atoms with Crippen LogP contribution in [0.5, 0.6) is 17.2 Å². The Balaban J connectivity index is 1.29. The van der Waals surface area contributed by atoms with Crippen molar-refractivity contribution in [3.05, 3.63) is 53.6 Å². The van der Waals surface area contributed by atoms with Gasteiger partial charge in [-0.3, -0.25) is 19.8 Å². The largest absolute Gasteiger partial charge is 0.497 e. The van der Waals surface area contributed by atoms with Gasteiger partial charge in [0.15, 0.2) is 17.4 Å². The Morgan fingerprint density at radius 3 is 2.56 bits per heavy atom. The van der Waals surface area contributed by atoms with Gasteiger partial charge in [-0.1, -0.05) is 18.2 Å². The van der Waals surface area contributed by atoms with Crippen molar-refractivity contribution in [2.24, 2.45) is 10.9 Å². The van der Waals surface area contributed by atoms with E-state index in [0.29, 0.717) is 24.8 Å². The Morgan fingerprint density at radius 2 is 1.83 bits per heavy atom. The Morgan fingerprint density at radius 1 is 1.08 bits per heavy atom. The van der Waals surface area contributed by atoms with Crippen LogP contribution in [0, 0.1) is 5.92 Å². The monoisotopic (exact) mass is 494 g/mol. The molecular formula is C26H30N4O6. The molecule has 10 nitrogen and oxygen atoms in total. The van der Waals surface area contributed by atoms with Crippen molar-refractivity contribution in [1.29, 1.82) is 0 Å². The summed E-state index contributed by atoms with van der Waals surface area (Å²) < 4.78 is 21.3. The number of nitrogens with one attached hydrogen (secondary N) is 1. The molecule has 0 unspecified atom stereocenters. The molecule has 2 atom stereocenters. The normalized spacial score (nSPS) is 21.6. The lowest BCUT2D eigenvalue weighted by atomic mass is 9.91. The number of hydrogen-bond donors (Lipinski definition) is 1. The maximum absolute atomic E-state index is 13.1. The maximum Gasteiger partial charge on any atom is 0.321 e. The van der Waals surface area contributed by atoms with Crippen LogP contribution >= 0.6 is 0 Å². The van der Waals surface area contributed by atoms with Crippen LogP contribution in [0.4, 0.5) is 0 Å². The first-order valence-corrected chi connectivity index (χ1v) is 12.1. The zero-order valence-corrected chi connectivity index (χ0v) is 20.4. The van der Waals surface area contributed by atoms with Crippen molar-refractivity contribution >= 4 is 17.8 Å². The van der Waals surface area contributed by atoms with Crippen LogP contribution in [0.3, 0.4) is 0 Å². The van der Waals surface area contributed by atoms with Gasteiger partial charge in [-0.15, -0.1) is 0 Å². The predicted octanol–water partition coefficient (Wildman–Crippen LogP) is 1.95. The second-order valence-corrected chi connectivity index (χ2v) is 8.84. The van der Waals surface area contributed by atoms with Gasteiger partial charge >= 0.3 is 5.97 Å². The van der Waals surface area contributed by atoms with Crippen LogP contribution in [-0.4, -0.2) is 74.3 Å². The highest BCUT2D eigenvalue weighted by Gasteiger charge is 2.42. The minimum absolute atomic E-state index is 0.194. The van der Waals surface area contributed by atoms with Gasteiger partial charge in [0.2, 0.25) is 18.7 Å². The van der Waals surface area contributed by atoms with Crippen molar-refractivity contribution in [2.75, 3.05) is 46.7 Å². The number of carbonyl (C=O) groups is 2. The third-order valence-corrected chi connectivity index (χ3v) is 6.61. The quantitative estimate of drug-likeness (QED) is 0.480. The number of esters is 1. The lowest BCUT2D eigenvalue weighted by molar-refractivity contribution is -0.153. The van der Waals surface area contributed by atoms with E-state index in [1.54, 1.807) is 26.2 Å². The third-order valence-electron chi connectivity index (χ3n) is 6.61. The number of ether oxygens (including phenoxy) is 4. The van der Waals surface area contributed by atoms with E-state index in [0.717, 1.165) is 42.3 Å². The number of hydrogen-bond acceptors (Lipinski definition) is 9. The summed E-state index contributed by atoms with van der Waals surface area (Å²) in [6.07, 6.45) is 0. The summed E-state index contributed by atoms with van der Waals surface area (Å²) in [6, 6.07) is 12.6. The number of fused-ring (bicyclic) bond motifs is 1. The summed E-state index contributed by atoms with van der Waals surface area (Å²) in [7, 11) is 1.59. The van der Waals surface area contributed by atoms with Crippen LogP contribution in [0.15, 0.2) is 47.5 Å². The number of amides is 1. The molecule has 0 spiro atoms. The number of benzene rings is 2. The van der Waals surface area contributed by atoms with Crippen LogP contribution in [0.25, 0.3) is 0 Å². The molecule has 0 aromatic heterocycles. The van der Waals surface area contributed by atoms with E-state index in [9.17, 15) is 9.59 Å². The van der Waals surface area contributed by atoms with E-state index in [-0.39, 0.29) is 13.4 Å². The molecule has 2 aromatic rings. The van der Waals surface area contributed by atoms with Crippen molar-refractivity contribution in [3.8, 4) is 17.2 Å². The third kappa shape index (κ3) is 4.94. The minimum atomic E-state index is -1.05. The minimum Gasteiger partial charge on any atom is -0.497 e. The lowest BCUT2D eigenvalue weighted by Crippen LogP contribution is -2.57. The molecule has 3 heterocycles. The molecule has 0 aliphatic carbocycles. The number of piperazine rings is 1. The molecule has 10 heteroatoms. The lowest BCUT2D eigenvalue weighted by Gasteiger charge is -2.39. The molecule has 1 N–H and O–H groups in total. The van der Waals surface area contributed by atoms with Gasteiger partial charge in [0.05, 0.1) is 13.7 Å². The van der Waals surface area contributed by atoms with E-state index >= 15 is 0 Å². The van der Waals surface area contributed by atoms with Crippen LogP contribution in [0.1, 0.15) is 24.1 Å². The zero-order valence-electron chi connectivity index (χ0n) is 20.4. The van der Waals surface area contributed by atoms with Crippen LogP contribution in [-0.2, 0) is 20.9 Å². The van der Waals surface area contributed by atoms with E-state index in [1.165, 1.54) is 0 Å². The van der Waals surface area contributed by atoms with E-state index in [2.05, 4.69) is 21.2 Å². The molecular weight excluding hydrogens is 464 g/mol.